The van der Waals surface area contributed by atoms with Crippen LogP contribution in [0.1, 0.15) is 20.8 Å². The zero-order valence-electron chi connectivity index (χ0n) is 10.9. The van der Waals surface area contributed by atoms with Crippen LogP contribution in [0.25, 0.3) is 0 Å². The fourth-order valence-electron chi connectivity index (χ4n) is 1.19. The molecule has 1 amide bonds. The van der Waals surface area contributed by atoms with E-state index >= 15 is 0 Å². The molecule has 0 aliphatic rings. The highest BCUT2D eigenvalue weighted by atomic mass is 79.9. The van der Waals surface area contributed by atoms with Crippen LogP contribution in [0.15, 0.2) is 22.7 Å². The average molecular weight is 332 g/mol. The molecule has 0 aromatic heterocycles. The lowest BCUT2D eigenvalue weighted by molar-refractivity contribution is -0.156. The molecule has 0 unspecified atom stereocenters. The number of benzene rings is 1. The van der Waals surface area contributed by atoms with Gasteiger partial charge < -0.3 is 10.1 Å². The summed E-state index contributed by atoms with van der Waals surface area (Å²) in [6.07, 6.45) is -0.974. The lowest BCUT2D eigenvalue weighted by Crippen LogP contribution is -2.31. The van der Waals surface area contributed by atoms with Gasteiger partial charge in [-0.1, -0.05) is 29.8 Å². The molecule has 0 heterocycles. The van der Waals surface area contributed by atoms with Crippen molar-refractivity contribution in [1.82, 2.24) is 0 Å². The summed E-state index contributed by atoms with van der Waals surface area (Å²) in [6, 6.07) is 4.26. The number of hydrogen-bond donors (Lipinski definition) is 1. The van der Waals surface area contributed by atoms with Gasteiger partial charge in [-0.2, -0.15) is 0 Å². The van der Waals surface area contributed by atoms with Crippen molar-refractivity contribution in [3.63, 3.8) is 0 Å². The van der Waals surface area contributed by atoms with E-state index in [0.29, 0.717) is 4.47 Å². The number of esters is 1. The van der Waals surface area contributed by atoms with Crippen LogP contribution in [0.2, 0.25) is 0 Å². The van der Waals surface area contributed by atoms with E-state index < -0.39 is 23.8 Å². The van der Waals surface area contributed by atoms with E-state index in [1.165, 1.54) is 19.1 Å². The number of anilines is 1. The second-order valence-electron chi connectivity index (χ2n) is 4.35. The molecule has 1 aromatic carbocycles. The zero-order valence-corrected chi connectivity index (χ0v) is 12.5. The number of halogens is 2. The third kappa shape index (κ3) is 4.63. The highest BCUT2D eigenvalue weighted by Gasteiger charge is 2.20. The summed E-state index contributed by atoms with van der Waals surface area (Å²) >= 11 is 3.12. The number of carbonyl (C=O) groups is 2. The molecule has 1 N–H and O–H groups in total. The smallest absolute Gasteiger partial charge is 0.309 e. The highest BCUT2D eigenvalue weighted by Crippen LogP contribution is 2.19. The first kappa shape index (κ1) is 15.6. The van der Waals surface area contributed by atoms with Gasteiger partial charge in [0, 0.05) is 4.47 Å². The van der Waals surface area contributed by atoms with Crippen LogP contribution < -0.4 is 5.32 Å². The Morgan fingerprint density at radius 2 is 1.95 bits per heavy atom. The minimum absolute atomic E-state index is 0.0423. The first-order valence-electron chi connectivity index (χ1n) is 5.77. The minimum Gasteiger partial charge on any atom is -0.452 e. The number of hydrogen-bond acceptors (Lipinski definition) is 3. The summed E-state index contributed by atoms with van der Waals surface area (Å²) in [5, 5.41) is 2.37. The summed E-state index contributed by atoms with van der Waals surface area (Å²) in [5.41, 5.74) is 0.0423. The fourth-order valence-corrected chi connectivity index (χ4v) is 1.52. The van der Waals surface area contributed by atoms with Gasteiger partial charge in [0.05, 0.1) is 11.6 Å². The van der Waals surface area contributed by atoms with Gasteiger partial charge >= 0.3 is 5.97 Å². The van der Waals surface area contributed by atoms with E-state index in [0.717, 1.165) is 0 Å². The second kappa shape index (κ2) is 6.65. The maximum Gasteiger partial charge on any atom is 0.309 e. The second-order valence-corrected chi connectivity index (χ2v) is 5.26. The lowest BCUT2D eigenvalue weighted by Gasteiger charge is -2.15. The van der Waals surface area contributed by atoms with E-state index in [1.54, 1.807) is 19.9 Å². The number of nitrogens with one attached hydrogen (secondary N) is 1. The van der Waals surface area contributed by atoms with Gasteiger partial charge in [0.25, 0.3) is 5.91 Å². The molecule has 1 aromatic rings. The fraction of sp³-hybridized carbons (Fsp3) is 0.385. The Morgan fingerprint density at radius 1 is 1.32 bits per heavy atom. The Bertz CT molecular complexity index is 491. The zero-order chi connectivity index (χ0) is 14.6. The van der Waals surface area contributed by atoms with Gasteiger partial charge in [-0.25, -0.2) is 4.39 Å². The Hall–Kier alpha value is -1.43. The van der Waals surface area contributed by atoms with E-state index in [1.807, 2.05) is 0 Å². The van der Waals surface area contributed by atoms with Crippen LogP contribution in [-0.2, 0) is 14.3 Å². The maximum absolute atomic E-state index is 13.5. The van der Waals surface area contributed by atoms with Crippen LogP contribution >= 0.6 is 15.9 Å². The van der Waals surface area contributed by atoms with Gasteiger partial charge in [-0.15, -0.1) is 0 Å². The Labute approximate surface area is 119 Å². The van der Waals surface area contributed by atoms with Crippen LogP contribution in [0, 0.1) is 11.7 Å². The maximum atomic E-state index is 13.5. The normalized spacial score (nSPS) is 12.1. The van der Waals surface area contributed by atoms with Crippen molar-refractivity contribution in [3.05, 3.63) is 28.5 Å². The summed E-state index contributed by atoms with van der Waals surface area (Å²) < 4.78 is 19.0. The average Bonchev–Trinajstić information content (AvgIpc) is 2.32. The van der Waals surface area contributed by atoms with E-state index in [4.69, 9.17) is 4.74 Å². The first-order valence-corrected chi connectivity index (χ1v) is 6.57. The SMILES string of the molecule is CC(C)C(=O)O[C@H](C)C(=O)Nc1ccc(Br)cc1F. The quantitative estimate of drug-likeness (QED) is 0.862. The van der Waals surface area contributed by atoms with Gasteiger partial charge in [0.15, 0.2) is 6.10 Å². The predicted octanol–water partition coefficient (Wildman–Crippen LogP) is 3.11. The molecular formula is C13H15BrFNO3. The Balaban J connectivity index is 2.66. The van der Waals surface area contributed by atoms with Crippen LogP contribution in [0.5, 0.6) is 0 Å². The molecule has 1 atom stereocenters. The van der Waals surface area contributed by atoms with Crippen LogP contribution in [0.3, 0.4) is 0 Å². The largest absolute Gasteiger partial charge is 0.452 e. The van der Waals surface area contributed by atoms with Gasteiger partial charge in [0.1, 0.15) is 5.82 Å². The Kier molecular flexibility index (Phi) is 5.47. The van der Waals surface area contributed by atoms with Gasteiger partial charge in [-0.05, 0) is 25.1 Å². The molecule has 6 heteroatoms. The third-order valence-corrected chi connectivity index (χ3v) is 2.82. The Morgan fingerprint density at radius 3 is 2.47 bits per heavy atom. The molecule has 19 heavy (non-hydrogen) atoms. The van der Waals surface area contributed by atoms with Gasteiger partial charge in [0.2, 0.25) is 0 Å². The molecule has 0 fully saturated rings. The van der Waals surface area contributed by atoms with Crippen LogP contribution in [-0.4, -0.2) is 18.0 Å². The van der Waals surface area contributed by atoms with Gasteiger partial charge in [-0.3, -0.25) is 9.59 Å². The van der Waals surface area contributed by atoms with Crippen molar-refractivity contribution >= 4 is 33.5 Å². The van der Waals surface area contributed by atoms with Crippen molar-refractivity contribution in [2.75, 3.05) is 5.32 Å². The molecular weight excluding hydrogens is 317 g/mol. The monoisotopic (exact) mass is 331 g/mol. The minimum atomic E-state index is -0.974. The number of ether oxygens (including phenoxy) is 1. The molecule has 0 saturated heterocycles. The highest BCUT2D eigenvalue weighted by molar-refractivity contribution is 9.10. The topological polar surface area (TPSA) is 55.4 Å². The molecule has 0 aliphatic heterocycles. The van der Waals surface area contributed by atoms with Crippen molar-refractivity contribution in [2.45, 2.75) is 26.9 Å². The number of carbonyl (C=O) groups excluding carboxylic acids is 2. The molecule has 0 aliphatic carbocycles. The molecule has 0 spiro atoms. The van der Waals surface area contributed by atoms with Crippen molar-refractivity contribution in [2.24, 2.45) is 5.92 Å². The van der Waals surface area contributed by atoms with E-state index in [2.05, 4.69) is 21.2 Å². The third-order valence-electron chi connectivity index (χ3n) is 2.32. The van der Waals surface area contributed by atoms with Crippen molar-refractivity contribution < 1.29 is 18.7 Å². The summed E-state index contributed by atoms with van der Waals surface area (Å²) in [6.45, 7) is 4.77. The first-order chi connectivity index (χ1) is 8.81. The van der Waals surface area contributed by atoms with Crippen LogP contribution in [0.4, 0.5) is 10.1 Å². The number of rotatable bonds is 4. The molecule has 0 saturated carbocycles. The standard InChI is InChI=1S/C13H15BrFNO3/c1-7(2)13(18)19-8(3)12(17)16-11-5-4-9(14)6-10(11)15/h4-8H,1-3H3,(H,16,17)/t8-/m1/s1. The molecule has 104 valence electrons. The molecule has 4 nitrogen and oxygen atoms in total. The predicted molar refractivity (Wildman–Crippen MR) is 73.1 cm³/mol. The van der Waals surface area contributed by atoms with Crippen molar-refractivity contribution in [1.29, 1.82) is 0 Å². The summed E-state index contributed by atoms with van der Waals surface area (Å²) in [5.74, 6) is -1.93. The molecule has 1 rings (SSSR count). The van der Waals surface area contributed by atoms with E-state index in [9.17, 15) is 14.0 Å². The lowest BCUT2D eigenvalue weighted by atomic mass is 10.2. The molecule has 0 bridgehead atoms. The summed E-state index contributed by atoms with van der Waals surface area (Å²) in [7, 11) is 0. The number of amides is 1. The van der Waals surface area contributed by atoms with E-state index in [-0.39, 0.29) is 11.6 Å². The molecule has 0 radical (unpaired) electrons. The van der Waals surface area contributed by atoms with Crippen molar-refractivity contribution in [3.8, 4) is 0 Å². The summed E-state index contributed by atoms with van der Waals surface area (Å²) in [4.78, 5) is 23.1.